The number of likely N-dealkylation sites (tertiary alicyclic amines) is 1. The van der Waals surface area contributed by atoms with Crippen LogP contribution in [0.5, 0.6) is 0 Å². The van der Waals surface area contributed by atoms with Crippen molar-refractivity contribution < 1.29 is 9.90 Å². The van der Waals surface area contributed by atoms with Crippen molar-refractivity contribution in [1.82, 2.24) is 10.2 Å². The van der Waals surface area contributed by atoms with Crippen molar-refractivity contribution in [2.75, 3.05) is 19.6 Å². The highest BCUT2D eigenvalue weighted by molar-refractivity contribution is 5.87. The highest BCUT2D eigenvalue weighted by atomic mass is 16.3. The van der Waals surface area contributed by atoms with Crippen LogP contribution in [0, 0.1) is 5.92 Å². The molecule has 26 heavy (non-hydrogen) atoms. The predicted octanol–water partition coefficient (Wildman–Crippen LogP) is 3.22. The molecule has 1 atom stereocenters. The topological polar surface area (TPSA) is 52.6 Å². The number of hydrogen-bond acceptors (Lipinski definition) is 3. The fourth-order valence-electron chi connectivity index (χ4n) is 3.88. The average Bonchev–Trinajstić information content (AvgIpc) is 3.48. The molecule has 1 heterocycles. The summed E-state index contributed by atoms with van der Waals surface area (Å²) in [6, 6.07) is 9.59. The average molecular weight is 357 g/mol. The van der Waals surface area contributed by atoms with Crippen molar-refractivity contribution in [2.24, 2.45) is 5.92 Å². The Morgan fingerprint density at radius 1 is 1.19 bits per heavy atom. The van der Waals surface area contributed by atoms with E-state index in [0.717, 1.165) is 57.3 Å². The van der Waals surface area contributed by atoms with Crippen LogP contribution in [0.25, 0.3) is 0 Å². The fourth-order valence-corrected chi connectivity index (χ4v) is 3.88. The van der Waals surface area contributed by atoms with Crippen LogP contribution in [-0.2, 0) is 10.4 Å². The van der Waals surface area contributed by atoms with Crippen molar-refractivity contribution in [3.05, 3.63) is 47.5 Å². The van der Waals surface area contributed by atoms with Crippen molar-refractivity contribution in [2.45, 2.75) is 57.6 Å². The quantitative estimate of drug-likeness (QED) is 0.738. The van der Waals surface area contributed by atoms with E-state index in [9.17, 15) is 9.90 Å². The third-order valence-corrected chi connectivity index (χ3v) is 5.65. The Hall–Kier alpha value is -1.65. The van der Waals surface area contributed by atoms with Gasteiger partial charge in [0.2, 0.25) is 0 Å². The normalized spacial score (nSPS) is 21.0. The van der Waals surface area contributed by atoms with Crippen LogP contribution < -0.4 is 5.32 Å². The summed E-state index contributed by atoms with van der Waals surface area (Å²) in [4.78, 5) is 15.4. The van der Waals surface area contributed by atoms with E-state index in [-0.39, 0.29) is 17.9 Å². The third kappa shape index (κ3) is 4.54. The number of piperidine rings is 1. The van der Waals surface area contributed by atoms with Gasteiger partial charge in [-0.15, -0.1) is 0 Å². The molecule has 0 spiro atoms. The summed E-state index contributed by atoms with van der Waals surface area (Å²) < 4.78 is 0. The summed E-state index contributed by atoms with van der Waals surface area (Å²) in [5.41, 5.74) is 0.716. The molecule has 1 amide bonds. The molecule has 1 aliphatic heterocycles. The lowest BCUT2D eigenvalue weighted by Crippen LogP contribution is -2.52. The molecule has 142 valence electrons. The number of carbonyl (C=O) groups excluding carboxylic acids is 1. The van der Waals surface area contributed by atoms with E-state index in [1.807, 2.05) is 30.3 Å². The molecule has 1 saturated carbocycles. The van der Waals surface area contributed by atoms with Gasteiger partial charge in [0, 0.05) is 31.6 Å². The molecular weight excluding hydrogens is 324 g/mol. The summed E-state index contributed by atoms with van der Waals surface area (Å²) in [6.07, 6.45) is 7.12. The third-order valence-electron chi connectivity index (χ3n) is 5.65. The van der Waals surface area contributed by atoms with Crippen molar-refractivity contribution >= 4 is 5.91 Å². The summed E-state index contributed by atoms with van der Waals surface area (Å²) in [5, 5.41) is 14.4. The molecule has 0 aromatic heterocycles. The van der Waals surface area contributed by atoms with E-state index in [1.165, 1.54) is 5.57 Å². The number of benzene rings is 1. The number of nitrogens with zero attached hydrogens (tertiary/aromatic N) is 1. The van der Waals surface area contributed by atoms with E-state index in [2.05, 4.69) is 30.1 Å². The van der Waals surface area contributed by atoms with Crippen LogP contribution in [0.1, 0.15) is 51.5 Å². The smallest absolute Gasteiger partial charge is 0.257 e. The monoisotopic (exact) mass is 356 g/mol. The van der Waals surface area contributed by atoms with E-state index in [4.69, 9.17) is 0 Å². The lowest BCUT2D eigenvalue weighted by atomic mass is 9.87. The zero-order chi connectivity index (χ0) is 18.6. The number of rotatable bonds is 7. The number of aliphatic hydroxyl groups is 1. The van der Waals surface area contributed by atoms with E-state index >= 15 is 0 Å². The minimum Gasteiger partial charge on any atom is -0.375 e. The van der Waals surface area contributed by atoms with Gasteiger partial charge < -0.3 is 15.3 Å². The Labute approximate surface area is 157 Å². The molecule has 3 rings (SSSR count). The molecule has 2 aliphatic rings. The number of allylic oxidation sites excluding steroid dienone is 1. The minimum atomic E-state index is -1.37. The summed E-state index contributed by atoms with van der Waals surface area (Å²) in [7, 11) is 0. The zero-order valence-corrected chi connectivity index (χ0v) is 16.1. The van der Waals surface area contributed by atoms with Crippen LogP contribution in [-0.4, -0.2) is 41.6 Å². The molecule has 4 heteroatoms. The van der Waals surface area contributed by atoms with Crippen LogP contribution >= 0.6 is 0 Å². The Kier molecular flexibility index (Phi) is 6.15. The Morgan fingerprint density at radius 2 is 1.85 bits per heavy atom. The number of carbonyl (C=O) groups is 1. The largest absolute Gasteiger partial charge is 0.375 e. The SMILES string of the molecule is CC(C)=CCCN1CCC(NC(=O)C(O)(c2ccccc2)C2CC2)CC1. The van der Waals surface area contributed by atoms with E-state index in [0.29, 0.717) is 0 Å². The standard InChI is InChI=1S/C22H32N2O2/c1-17(2)7-6-14-24-15-12-20(13-16-24)23-21(25)22(26,19-10-11-19)18-8-4-3-5-9-18/h3-5,7-9,19-20,26H,6,10-16H2,1-2H3,(H,23,25). The molecule has 1 aliphatic carbocycles. The van der Waals surface area contributed by atoms with Crippen molar-refractivity contribution in [3.63, 3.8) is 0 Å². The first kappa shape index (κ1) is 19.1. The van der Waals surface area contributed by atoms with Crippen LogP contribution in [0.3, 0.4) is 0 Å². The Balaban J connectivity index is 1.54. The van der Waals surface area contributed by atoms with Crippen molar-refractivity contribution in [3.8, 4) is 0 Å². The molecule has 0 radical (unpaired) electrons. The highest BCUT2D eigenvalue weighted by Gasteiger charge is 2.51. The van der Waals surface area contributed by atoms with Gasteiger partial charge in [0.05, 0.1) is 0 Å². The maximum atomic E-state index is 13.0. The molecule has 1 unspecified atom stereocenters. The molecule has 4 nitrogen and oxygen atoms in total. The first-order valence-electron chi connectivity index (χ1n) is 9.94. The maximum Gasteiger partial charge on any atom is 0.257 e. The number of amides is 1. The molecular formula is C22H32N2O2. The van der Waals surface area contributed by atoms with E-state index < -0.39 is 5.60 Å². The lowest BCUT2D eigenvalue weighted by Gasteiger charge is -2.35. The molecule has 1 aromatic carbocycles. The van der Waals surface area contributed by atoms with Gasteiger partial charge in [0.1, 0.15) is 0 Å². The second-order valence-corrected chi connectivity index (χ2v) is 8.07. The first-order valence-corrected chi connectivity index (χ1v) is 9.94. The molecule has 1 aromatic rings. The fraction of sp³-hybridized carbons (Fsp3) is 0.591. The number of nitrogens with one attached hydrogen (secondary N) is 1. The second kappa shape index (κ2) is 8.36. The van der Waals surface area contributed by atoms with Crippen LogP contribution in [0.2, 0.25) is 0 Å². The van der Waals surface area contributed by atoms with Crippen molar-refractivity contribution in [1.29, 1.82) is 0 Å². The maximum absolute atomic E-state index is 13.0. The summed E-state index contributed by atoms with van der Waals surface area (Å²) >= 11 is 0. The molecule has 2 N–H and O–H groups in total. The molecule has 2 fully saturated rings. The van der Waals surface area contributed by atoms with Gasteiger partial charge in [-0.2, -0.15) is 0 Å². The predicted molar refractivity (Wildman–Crippen MR) is 105 cm³/mol. The van der Waals surface area contributed by atoms with Gasteiger partial charge in [-0.25, -0.2) is 0 Å². The van der Waals surface area contributed by atoms with Gasteiger partial charge in [-0.3, -0.25) is 4.79 Å². The van der Waals surface area contributed by atoms with E-state index in [1.54, 1.807) is 0 Å². The summed E-state index contributed by atoms with van der Waals surface area (Å²) in [6.45, 7) is 7.37. The van der Waals surface area contributed by atoms with Gasteiger partial charge in [-0.1, -0.05) is 42.0 Å². The lowest BCUT2D eigenvalue weighted by molar-refractivity contribution is -0.144. The minimum absolute atomic E-state index is 0.0501. The molecule has 1 saturated heterocycles. The Morgan fingerprint density at radius 3 is 2.42 bits per heavy atom. The highest BCUT2D eigenvalue weighted by Crippen LogP contribution is 2.46. The van der Waals surface area contributed by atoms with Crippen LogP contribution in [0.15, 0.2) is 42.0 Å². The van der Waals surface area contributed by atoms with Gasteiger partial charge in [0.25, 0.3) is 5.91 Å². The number of hydrogen-bond donors (Lipinski definition) is 2. The van der Waals surface area contributed by atoms with Gasteiger partial charge in [0.15, 0.2) is 5.60 Å². The molecule has 0 bridgehead atoms. The van der Waals surface area contributed by atoms with Gasteiger partial charge >= 0.3 is 0 Å². The summed E-state index contributed by atoms with van der Waals surface area (Å²) in [5.74, 6) is -0.164. The second-order valence-electron chi connectivity index (χ2n) is 8.07. The van der Waals surface area contributed by atoms with Gasteiger partial charge in [-0.05, 0) is 51.5 Å². The van der Waals surface area contributed by atoms with Crippen LogP contribution in [0.4, 0.5) is 0 Å². The first-order chi connectivity index (χ1) is 12.5. The zero-order valence-electron chi connectivity index (χ0n) is 16.1. The Bertz CT molecular complexity index is 627.